The van der Waals surface area contributed by atoms with Gasteiger partial charge in [-0.25, -0.2) is 0 Å². The lowest BCUT2D eigenvalue weighted by Gasteiger charge is -2.23. The molecule has 20 heavy (non-hydrogen) atoms. The predicted molar refractivity (Wildman–Crippen MR) is 82.4 cm³/mol. The molecule has 0 atom stereocenters. The van der Waals surface area contributed by atoms with Gasteiger partial charge < -0.3 is 10.2 Å². The molecule has 1 aromatic carbocycles. The molecule has 1 amide bonds. The van der Waals surface area contributed by atoms with Crippen LogP contribution in [0.15, 0.2) is 30.3 Å². The number of benzene rings is 1. The maximum Gasteiger partial charge on any atom is 0.223 e. The second-order valence-corrected chi connectivity index (χ2v) is 5.77. The van der Waals surface area contributed by atoms with Crippen LogP contribution in [0.2, 0.25) is 0 Å². The van der Waals surface area contributed by atoms with Gasteiger partial charge in [0, 0.05) is 32.6 Å². The van der Waals surface area contributed by atoms with E-state index in [-0.39, 0.29) is 5.91 Å². The van der Waals surface area contributed by atoms with Crippen LogP contribution in [-0.4, -0.2) is 30.4 Å². The molecule has 1 saturated carbocycles. The first-order valence-electron chi connectivity index (χ1n) is 7.77. The molecule has 0 unspecified atom stereocenters. The predicted octanol–water partition coefficient (Wildman–Crippen LogP) is 2.96. The van der Waals surface area contributed by atoms with Gasteiger partial charge in [0.2, 0.25) is 5.91 Å². The van der Waals surface area contributed by atoms with E-state index in [1.807, 2.05) is 30.1 Å². The monoisotopic (exact) mass is 274 g/mol. The summed E-state index contributed by atoms with van der Waals surface area (Å²) in [5.74, 6) is 0.220. The second-order valence-electron chi connectivity index (χ2n) is 5.77. The smallest absolute Gasteiger partial charge is 0.223 e. The molecule has 3 heteroatoms. The summed E-state index contributed by atoms with van der Waals surface area (Å²) in [4.78, 5) is 13.9. The summed E-state index contributed by atoms with van der Waals surface area (Å²) in [6, 6.07) is 10.8. The average molecular weight is 274 g/mol. The SMILES string of the molecule is CN(Cc1ccccc1)C(=O)CCNC1CCCCC1. The number of nitrogens with zero attached hydrogens (tertiary/aromatic N) is 1. The quantitative estimate of drug-likeness (QED) is 0.865. The fraction of sp³-hybridized carbons (Fsp3) is 0.588. The maximum atomic E-state index is 12.1. The molecule has 1 N–H and O–H groups in total. The molecule has 110 valence electrons. The molecule has 1 aliphatic carbocycles. The van der Waals surface area contributed by atoms with Gasteiger partial charge in [-0.1, -0.05) is 49.6 Å². The highest BCUT2D eigenvalue weighted by atomic mass is 16.2. The van der Waals surface area contributed by atoms with Crippen molar-refractivity contribution in [1.29, 1.82) is 0 Å². The van der Waals surface area contributed by atoms with E-state index in [1.165, 1.54) is 37.7 Å². The van der Waals surface area contributed by atoms with Gasteiger partial charge in [-0.15, -0.1) is 0 Å². The molecule has 0 aromatic heterocycles. The van der Waals surface area contributed by atoms with Crippen LogP contribution in [-0.2, 0) is 11.3 Å². The Hall–Kier alpha value is -1.35. The van der Waals surface area contributed by atoms with E-state index in [4.69, 9.17) is 0 Å². The normalized spacial score (nSPS) is 16.1. The highest BCUT2D eigenvalue weighted by molar-refractivity contribution is 5.76. The van der Waals surface area contributed by atoms with Crippen molar-refractivity contribution in [3.63, 3.8) is 0 Å². The molecule has 2 rings (SSSR count). The third-order valence-electron chi connectivity index (χ3n) is 4.07. The Bertz CT molecular complexity index is 399. The first-order valence-corrected chi connectivity index (χ1v) is 7.77. The van der Waals surface area contributed by atoms with E-state index in [0.29, 0.717) is 19.0 Å². The Morgan fingerprint density at radius 3 is 2.60 bits per heavy atom. The van der Waals surface area contributed by atoms with Crippen molar-refractivity contribution in [1.82, 2.24) is 10.2 Å². The minimum atomic E-state index is 0.220. The number of hydrogen-bond acceptors (Lipinski definition) is 2. The summed E-state index contributed by atoms with van der Waals surface area (Å²) in [6.45, 7) is 1.51. The number of carbonyl (C=O) groups is 1. The van der Waals surface area contributed by atoms with Crippen LogP contribution < -0.4 is 5.32 Å². The fourth-order valence-corrected chi connectivity index (χ4v) is 2.83. The largest absolute Gasteiger partial charge is 0.341 e. The third kappa shape index (κ3) is 4.97. The van der Waals surface area contributed by atoms with Gasteiger partial charge in [-0.2, -0.15) is 0 Å². The molecule has 1 aliphatic rings. The molecular formula is C17H26N2O. The fourth-order valence-electron chi connectivity index (χ4n) is 2.83. The summed E-state index contributed by atoms with van der Waals surface area (Å²) in [5, 5.41) is 3.52. The van der Waals surface area contributed by atoms with Gasteiger partial charge in [0.05, 0.1) is 0 Å². The molecular weight excluding hydrogens is 248 g/mol. The van der Waals surface area contributed by atoms with Gasteiger partial charge in [0.1, 0.15) is 0 Å². The van der Waals surface area contributed by atoms with Crippen molar-refractivity contribution >= 4 is 5.91 Å². The zero-order chi connectivity index (χ0) is 14.2. The summed E-state index contributed by atoms with van der Waals surface area (Å²) in [7, 11) is 1.88. The Morgan fingerprint density at radius 1 is 1.20 bits per heavy atom. The molecule has 0 heterocycles. The van der Waals surface area contributed by atoms with Crippen LogP contribution in [0, 0.1) is 0 Å². The van der Waals surface area contributed by atoms with Crippen molar-refractivity contribution < 1.29 is 4.79 Å². The first-order chi connectivity index (χ1) is 9.75. The molecule has 0 saturated heterocycles. The van der Waals surface area contributed by atoms with E-state index < -0.39 is 0 Å². The van der Waals surface area contributed by atoms with Crippen LogP contribution in [0.4, 0.5) is 0 Å². The van der Waals surface area contributed by atoms with Gasteiger partial charge >= 0.3 is 0 Å². The van der Waals surface area contributed by atoms with E-state index in [2.05, 4.69) is 17.4 Å². The van der Waals surface area contributed by atoms with E-state index >= 15 is 0 Å². The number of nitrogens with one attached hydrogen (secondary N) is 1. The average Bonchev–Trinajstić information content (AvgIpc) is 2.49. The highest BCUT2D eigenvalue weighted by Gasteiger charge is 2.14. The third-order valence-corrected chi connectivity index (χ3v) is 4.07. The van der Waals surface area contributed by atoms with Crippen LogP contribution in [0.5, 0.6) is 0 Å². The molecule has 0 aliphatic heterocycles. The number of amides is 1. The van der Waals surface area contributed by atoms with E-state index in [0.717, 1.165) is 6.54 Å². The molecule has 0 spiro atoms. The number of rotatable bonds is 6. The lowest BCUT2D eigenvalue weighted by Crippen LogP contribution is -2.35. The summed E-state index contributed by atoms with van der Waals surface area (Å²) >= 11 is 0. The zero-order valence-corrected chi connectivity index (χ0v) is 12.5. The van der Waals surface area contributed by atoms with Crippen LogP contribution in [0.3, 0.4) is 0 Å². The Labute approximate surface area is 122 Å². The number of hydrogen-bond donors (Lipinski definition) is 1. The molecule has 0 bridgehead atoms. The summed E-state index contributed by atoms with van der Waals surface area (Å²) in [5.41, 5.74) is 1.18. The van der Waals surface area contributed by atoms with Crippen molar-refractivity contribution in [2.75, 3.05) is 13.6 Å². The van der Waals surface area contributed by atoms with Crippen LogP contribution in [0.1, 0.15) is 44.1 Å². The van der Waals surface area contributed by atoms with E-state index in [9.17, 15) is 4.79 Å². The molecule has 1 fully saturated rings. The van der Waals surface area contributed by atoms with Gasteiger partial charge in [0.15, 0.2) is 0 Å². The Balaban J connectivity index is 1.66. The minimum absolute atomic E-state index is 0.220. The molecule has 0 radical (unpaired) electrons. The van der Waals surface area contributed by atoms with Crippen LogP contribution >= 0.6 is 0 Å². The standard InChI is InChI=1S/C17H26N2O/c1-19(14-15-8-4-2-5-9-15)17(20)12-13-18-16-10-6-3-7-11-16/h2,4-5,8-9,16,18H,3,6-7,10-14H2,1H3. The second kappa shape index (κ2) is 8.05. The molecule has 1 aromatic rings. The number of carbonyl (C=O) groups excluding carboxylic acids is 1. The summed E-state index contributed by atoms with van der Waals surface area (Å²) in [6.07, 6.45) is 7.18. The first kappa shape index (κ1) is 15.0. The van der Waals surface area contributed by atoms with Gasteiger partial charge in [-0.3, -0.25) is 4.79 Å². The Kier molecular flexibility index (Phi) is 6.06. The Morgan fingerprint density at radius 2 is 1.90 bits per heavy atom. The van der Waals surface area contributed by atoms with Crippen molar-refractivity contribution in [2.45, 2.75) is 51.1 Å². The van der Waals surface area contributed by atoms with Crippen LogP contribution in [0.25, 0.3) is 0 Å². The highest BCUT2D eigenvalue weighted by Crippen LogP contribution is 2.17. The van der Waals surface area contributed by atoms with Gasteiger partial charge in [0.25, 0.3) is 0 Å². The minimum Gasteiger partial charge on any atom is -0.341 e. The topological polar surface area (TPSA) is 32.3 Å². The zero-order valence-electron chi connectivity index (χ0n) is 12.5. The van der Waals surface area contributed by atoms with Gasteiger partial charge in [-0.05, 0) is 18.4 Å². The van der Waals surface area contributed by atoms with E-state index in [1.54, 1.807) is 0 Å². The van der Waals surface area contributed by atoms with Crippen molar-refractivity contribution in [3.05, 3.63) is 35.9 Å². The van der Waals surface area contributed by atoms with Crippen molar-refractivity contribution in [2.24, 2.45) is 0 Å². The maximum absolute atomic E-state index is 12.1. The lowest BCUT2D eigenvalue weighted by atomic mass is 9.95. The molecule has 3 nitrogen and oxygen atoms in total. The van der Waals surface area contributed by atoms with Crippen molar-refractivity contribution in [3.8, 4) is 0 Å². The lowest BCUT2D eigenvalue weighted by molar-refractivity contribution is -0.130. The summed E-state index contributed by atoms with van der Waals surface area (Å²) < 4.78 is 0.